The van der Waals surface area contributed by atoms with Crippen molar-refractivity contribution >= 4 is 11.9 Å². The second kappa shape index (κ2) is 5.71. The number of carboxylic acid groups (broad SMARTS) is 1. The number of carbonyl (C=O) groups excluding carboxylic acids is 1. The third-order valence-corrected chi connectivity index (χ3v) is 3.19. The lowest BCUT2D eigenvalue weighted by atomic mass is 10.1. The number of amides is 1. The standard InChI is InChI=1S/C13H13F3N2O3/c14-13(15,16)10-4-3-8(6-17-10)11(19)18-9(12(20)21)5-7-1-2-7/h3-4,6-7,9H,1-2,5H2,(H,18,19)(H,20,21). The quantitative estimate of drug-likeness (QED) is 0.873. The van der Waals surface area contributed by atoms with Crippen molar-refractivity contribution in [3.05, 3.63) is 29.6 Å². The molecule has 1 aromatic rings. The number of hydrogen-bond donors (Lipinski definition) is 2. The Morgan fingerprint density at radius 2 is 2.05 bits per heavy atom. The van der Waals surface area contributed by atoms with Crippen LogP contribution < -0.4 is 5.32 Å². The van der Waals surface area contributed by atoms with E-state index in [1.807, 2.05) is 0 Å². The van der Waals surface area contributed by atoms with Gasteiger partial charge in [0.15, 0.2) is 0 Å². The van der Waals surface area contributed by atoms with E-state index in [1.54, 1.807) is 0 Å². The van der Waals surface area contributed by atoms with Crippen LogP contribution in [0.3, 0.4) is 0 Å². The molecule has 0 radical (unpaired) electrons. The van der Waals surface area contributed by atoms with E-state index in [-0.39, 0.29) is 11.5 Å². The summed E-state index contributed by atoms with van der Waals surface area (Å²) in [6.07, 6.45) is -1.60. The van der Waals surface area contributed by atoms with Crippen molar-refractivity contribution in [3.63, 3.8) is 0 Å². The third kappa shape index (κ3) is 4.17. The van der Waals surface area contributed by atoms with Crippen LogP contribution in [0.15, 0.2) is 18.3 Å². The zero-order chi connectivity index (χ0) is 15.6. The van der Waals surface area contributed by atoms with E-state index in [0.29, 0.717) is 12.5 Å². The molecule has 0 aliphatic heterocycles. The van der Waals surface area contributed by atoms with Gasteiger partial charge >= 0.3 is 12.1 Å². The lowest BCUT2D eigenvalue weighted by Gasteiger charge is -2.14. The molecule has 21 heavy (non-hydrogen) atoms. The summed E-state index contributed by atoms with van der Waals surface area (Å²) in [6.45, 7) is 0. The van der Waals surface area contributed by atoms with Gasteiger partial charge in [-0.25, -0.2) is 4.79 Å². The first-order valence-corrected chi connectivity index (χ1v) is 6.34. The average molecular weight is 302 g/mol. The minimum Gasteiger partial charge on any atom is -0.480 e. The first-order valence-electron chi connectivity index (χ1n) is 6.34. The number of halogens is 3. The molecule has 1 heterocycles. The fourth-order valence-corrected chi connectivity index (χ4v) is 1.85. The maximum atomic E-state index is 12.3. The van der Waals surface area contributed by atoms with E-state index in [2.05, 4.69) is 10.3 Å². The summed E-state index contributed by atoms with van der Waals surface area (Å²) in [5.74, 6) is -1.61. The van der Waals surface area contributed by atoms with Gasteiger partial charge in [-0.15, -0.1) is 0 Å². The number of alkyl halides is 3. The molecule has 8 heteroatoms. The van der Waals surface area contributed by atoms with E-state index in [1.165, 1.54) is 0 Å². The van der Waals surface area contributed by atoms with E-state index in [0.717, 1.165) is 25.1 Å². The molecule has 1 amide bonds. The first kappa shape index (κ1) is 15.3. The topological polar surface area (TPSA) is 79.3 Å². The Kier molecular flexibility index (Phi) is 4.15. The highest BCUT2D eigenvalue weighted by Gasteiger charge is 2.33. The fourth-order valence-electron chi connectivity index (χ4n) is 1.85. The van der Waals surface area contributed by atoms with Crippen LogP contribution in [0.1, 0.15) is 35.3 Å². The molecule has 1 aromatic heterocycles. The summed E-state index contributed by atoms with van der Waals surface area (Å²) in [5, 5.41) is 11.3. The minimum absolute atomic E-state index is 0.106. The molecule has 2 N–H and O–H groups in total. The highest BCUT2D eigenvalue weighted by molar-refractivity contribution is 5.96. The van der Waals surface area contributed by atoms with Gasteiger partial charge in [0.1, 0.15) is 11.7 Å². The number of aromatic nitrogens is 1. The Bertz CT molecular complexity index is 539. The van der Waals surface area contributed by atoms with Gasteiger partial charge in [0.25, 0.3) is 5.91 Å². The van der Waals surface area contributed by atoms with E-state index in [4.69, 9.17) is 5.11 Å². The monoisotopic (exact) mass is 302 g/mol. The smallest absolute Gasteiger partial charge is 0.433 e. The molecule has 1 aliphatic rings. The number of nitrogens with zero attached hydrogens (tertiary/aromatic N) is 1. The molecule has 0 spiro atoms. The first-order chi connectivity index (χ1) is 9.77. The zero-order valence-corrected chi connectivity index (χ0v) is 10.9. The summed E-state index contributed by atoms with van der Waals surface area (Å²) in [5.41, 5.74) is -1.21. The molecule has 1 fully saturated rings. The summed E-state index contributed by atoms with van der Waals surface area (Å²) >= 11 is 0. The predicted molar refractivity (Wildman–Crippen MR) is 65.5 cm³/mol. The summed E-state index contributed by atoms with van der Waals surface area (Å²) < 4.78 is 37.0. The fraction of sp³-hybridized carbons (Fsp3) is 0.462. The van der Waals surface area contributed by atoms with Crippen molar-refractivity contribution in [1.82, 2.24) is 10.3 Å². The number of rotatable bonds is 5. The van der Waals surface area contributed by atoms with E-state index < -0.39 is 29.8 Å². The van der Waals surface area contributed by atoms with Crippen LogP contribution in [0.25, 0.3) is 0 Å². The molecule has 0 saturated heterocycles. The molecular weight excluding hydrogens is 289 g/mol. The van der Waals surface area contributed by atoms with Gasteiger partial charge in [0.2, 0.25) is 0 Å². The van der Waals surface area contributed by atoms with Crippen molar-refractivity contribution in [2.24, 2.45) is 5.92 Å². The van der Waals surface area contributed by atoms with Gasteiger partial charge < -0.3 is 10.4 Å². The number of hydrogen-bond acceptors (Lipinski definition) is 3. The van der Waals surface area contributed by atoms with Crippen molar-refractivity contribution in [2.45, 2.75) is 31.5 Å². The Balaban J connectivity index is 2.03. The number of carbonyl (C=O) groups is 2. The molecule has 0 bridgehead atoms. The maximum Gasteiger partial charge on any atom is 0.433 e. The Morgan fingerprint density at radius 1 is 1.38 bits per heavy atom. The number of carboxylic acids is 1. The summed E-state index contributed by atoms with van der Waals surface area (Å²) in [6, 6.07) is 0.625. The molecule has 2 rings (SSSR count). The van der Waals surface area contributed by atoms with Crippen molar-refractivity contribution in [2.75, 3.05) is 0 Å². The Morgan fingerprint density at radius 3 is 2.48 bits per heavy atom. The van der Waals surface area contributed by atoms with Crippen LogP contribution in [-0.4, -0.2) is 28.0 Å². The van der Waals surface area contributed by atoms with Crippen LogP contribution in [0.5, 0.6) is 0 Å². The largest absolute Gasteiger partial charge is 0.480 e. The molecule has 5 nitrogen and oxygen atoms in total. The lowest BCUT2D eigenvalue weighted by Crippen LogP contribution is -2.41. The molecule has 0 aromatic carbocycles. The number of nitrogens with one attached hydrogen (secondary N) is 1. The highest BCUT2D eigenvalue weighted by atomic mass is 19.4. The van der Waals surface area contributed by atoms with Crippen molar-refractivity contribution in [3.8, 4) is 0 Å². The molecule has 1 unspecified atom stereocenters. The van der Waals surface area contributed by atoms with Gasteiger partial charge in [-0.2, -0.15) is 13.2 Å². The SMILES string of the molecule is O=C(NC(CC1CC1)C(=O)O)c1ccc(C(F)(F)F)nc1. The van der Waals surface area contributed by atoms with Gasteiger partial charge in [-0.3, -0.25) is 9.78 Å². The van der Waals surface area contributed by atoms with Crippen LogP contribution in [0.4, 0.5) is 13.2 Å². The molecular formula is C13H13F3N2O3. The third-order valence-electron chi connectivity index (χ3n) is 3.19. The van der Waals surface area contributed by atoms with Crippen molar-refractivity contribution < 1.29 is 27.9 Å². The minimum atomic E-state index is -4.58. The van der Waals surface area contributed by atoms with Crippen LogP contribution in [0.2, 0.25) is 0 Å². The van der Waals surface area contributed by atoms with Crippen LogP contribution >= 0.6 is 0 Å². The van der Waals surface area contributed by atoms with Crippen molar-refractivity contribution in [1.29, 1.82) is 0 Å². The van der Waals surface area contributed by atoms with Gasteiger partial charge in [-0.05, 0) is 24.5 Å². The predicted octanol–water partition coefficient (Wildman–Crippen LogP) is 2.08. The maximum absolute atomic E-state index is 12.3. The summed E-state index contributed by atoms with van der Waals surface area (Å²) in [4.78, 5) is 26.0. The van der Waals surface area contributed by atoms with Gasteiger partial charge in [0, 0.05) is 6.20 Å². The molecule has 1 aliphatic carbocycles. The van der Waals surface area contributed by atoms with Crippen LogP contribution in [0, 0.1) is 5.92 Å². The molecule has 114 valence electrons. The number of aliphatic carboxylic acids is 1. The average Bonchev–Trinajstić information content (AvgIpc) is 3.21. The zero-order valence-electron chi connectivity index (χ0n) is 10.9. The van der Waals surface area contributed by atoms with Gasteiger partial charge in [0.05, 0.1) is 5.56 Å². The summed E-state index contributed by atoms with van der Waals surface area (Å²) in [7, 11) is 0. The number of pyridine rings is 1. The Labute approximate surface area is 118 Å². The normalized spacial score (nSPS) is 16.3. The second-order valence-electron chi connectivity index (χ2n) is 4.97. The van der Waals surface area contributed by atoms with Crippen LogP contribution in [-0.2, 0) is 11.0 Å². The molecule has 1 atom stereocenters. The highest BCUT2D eigenvalue weighted by Crippen LogP contribution is 2.33. The van der Waals surface area contributed by atoms with E-state index >= 15 is 0 Å². The molecule has 1 saturated carbocycles. The van der Waals surface area contributed by atoms with Gasteiger partial charge in [-0.1, -0.05) is 12.8 Å². The van der Waals surface area contributed by atoms with E-state index in [9.17, 15) is 22.8 Å². The lowest BCUT2D eigenvalue weighted by molar-refractivity contribution is -0.141. The Hall–Kier alpha value is -2.12. The second-order valence-corrected chi connectivity index (χ2v) is 4.97.